The molecular weight excluding hydrogens is 342 g/mol. The van der Waals surface area contributed by atoms with Crippen LogP contribution in [-0.2, 0) is 19.7 Å². The van der Waals surface area contributed by atoms with E-state index in [-0.39, 0.29) is 0 Å². The van der Waals surface area contributed by atoms with Crippen LogP contribution in [0.1, 0.15) is 30.0 Å². The van der Waals surface area contributed by atoms with E-state index in [4.69, 9.17) is 9.47 Å². The molecule has 142 valence electrons. The van der Waals surface area contributed by atoms with Gasteiger partial charge in [-0.2, -0.15) is 0 Å². The van der Waals surface area contributed by atoms with Crippen molar-refractivity contribution in [2.75, 3.05) is 12.4 Å². The molecule has 27 heavy (non-hydrogen) atoms. The van der Waals surface area contributed by atoms with Crippen LogP contribution in [0.4, 0.5) is 5.95 Å². The summed E-state index contributed by atoms with van der Waals surface area (Å²) in [7, 11) is 1.65. The van der Waals surface area contributed by atoms with Gasteiger partial charge in [-0.15, -0.1) is 0 Å². The first-order valence-corrected chi connectivity index (χ1v) is 9.05. The number of aryl methyl sites for hydroxylation is 2. The minimum Gasteiger partial charge on any atom is -0.493 e. The van der Waals surface area contributed by atoms with Crippen molar-refractivity contribution in [3.63, 3.8) is 0 Å². The van der Waals surface area contributed by atoms with Crippen molar-refractivity contribution in [1.82, 2.24) is 20.2 Å². The molecule has 0 amide bonds. The summed E-state index contributed by atoms with van der Waals surface area (Å²) in [5, 5.41) is 15.1. The summed E-state index contributed by atoms with van der Waals surface area (Å²) in [5.74, 6) is 2.07. The lowest BCUT2D eigenvalue weighted by Crippen LogP contribution is -2.10. The topological polar surface area (TPSA) is 74.1 Å². The average Bonchev–Trinajstić information content (AvgIpc) is 3.12. The van der Waals surface area contributed by atoms with E-state index in [2.05, 4.69) is 52.9 Å². The zero-order valence-corrected chi connectivity index (χ0v) is 16.0. The number of anilines is 1. The number of hydrogen-bond acceptors (Lipinski definition) is 6. The van der Waals surface area contributed by atoms with Crippen LogP contribution in [0, 0.1) is 6.92 Å². The molecule has 0 fully saturated rings. The number of nitrogens with zero attached hydrogens (tertiary/aromatic N) is 4. The molecule has 0 atom stereocenters. The van der Waals surface area contributed by atoms with Gasteiger partial charge in [0.05, 0.1) is 7.11 Å². The zero-order chi connectivity index (χ0) is 19.1. The van der Waals surface area contributed by atoms with Gasteiger partial charge in [-0.1, -0.05) is 54.0 Å². The lowest BCUT2D eigenvalue weighted by atomic mass is 10.1. The Balaban J connectivity index is 1.75. The maximum absolute atomic E-state index is 6.12. The molecule has 0 spiro atoms. The fourth-order valence-electron chi connectivity index (χ4n) is 2.85. The molecule has 0 saturated heterocycles. The van der Waals surface area contributed by atoms with Crippen molar-refractivity contribution in [2.45, 2.75) is 40.0 Å². The van der Waals surface area contributed by atoms with Crippen LogP contribution in [0.2, 0.25) is 0 Å². The van der Waals surface area contributed by atoms with E-state index >= 15 is 0 Å². The Morgan fingerprint density at radius 3 is 2.78 bits per heavy atom. The van der Waals surface area contributed by atoms with Crippen LogP contribution in [0.3, 0.4) is 0 Å². The van der Waals surface area contributed by atoms with Crippen LogP contribution in [0.15, 0.2) is 42.5 Å². The Labute approximate surface area is 159 Å². The van der Waals surface area contributed by atoms with E-state index < -0.39 is 0 Å². The van der Waals surface area contributed by atoms with E-state index in [0.717, 1.165) is 29.8 Å². The molecule has 1 heterocycles. The number of benzene rings is 2. The number of rotatable bonds is 9. The van der Waals surface area contributed by atoms with Crippen LogP contribution >= 0.6 is 0 Å². The summed E-state index contributed by atoms with van der Waals surface area (Å²) in [6, 6.07) is 14.1. The van der Waals surface area contributed by atoms with E-state index in [1.807, 2.05) is 24.3 Å². The van der Waals surface area contributed by atoms with Crippen LogP contribution < -0.4 is 14.8 Å². The number of methoxy groups -OCH3 is 1. The number of ether oxygens (including phenoxy) is 2. The monoisotopic (exact) mass is 367 g/mol. The number of nitrogens with one attached hydrogen (secondary N) is 1. The van der Waals surface area contributed by atoms with Gasteiger partial charge in [0.25, 0.3) is 0 Å². The average molecular weight is 367 g/mol. The molecule has 0 aliphatic rings. The standard InChI is InChI=1S/C20H25N5O2/c1-4-11-25-20(22-23-24-25)21-13-17-9-6-10-18(26-3)19(17)27-14-16-8-5-7-15(2)12-16/h5-10,12H,4,11,13-14H2,1-3H3,(H,21,22,24). The molecule has 3 rings (SSSR count). The van der Waals surface area contributed by atoms with Gasteiger partial charge in [0.1, 0.15) is 6.61 Å². The first-order chi connectivity index (χ1) is 13.2. The second kappa shape index (κ2) is 9.02. The second-order valence-corrected chi connectivity index (χ2v) is 6.31. The fourth-order valence-corrected chi connectivity index (χ4v) is 2.85. The lowest BCUT2D eigenvalue weighted by molar-refractivity contribution is 0.281. The van der Waals surface area contributed by atoms with Gasteiger partial charge in [-0.3, -0.25) is 0 Å². The molecule has 1 aromatic heterocycles. The third-order valence-corrected chi connectivity index (χ3v) is 4.15. The molecule has 1 N–H and O–H groups in total. The third kappa shape index (κ3) is 4.75. The predicted octanol–water partition coefficient (Wildman–Crippen LogP) is 3.59. The van der Waals surface area contributed by atoms with Crippen LogP contribution in [0.25, 0.3) is 0 Å². The van der Waals surface area contributed by atoms with E-state index in [9.17, 15) is 0 Å². The van der Waals surface area contributed by atoms with Crippen molar-refractivity contribution in [3.8, 4) is 11.5 Å². The highest BCUT2D eigenvalue weighted by atomic mass is 16.5. The summed E-state index contributed by atoms with van der Waals surface area (Å²) >= 11 is 0. The predicted molar refractivity (Wildman–Crippen MR) is 104 cm³/mol. The summed E-state index contributed by atoms with van der Waals surface area (Å²) in [4.78, 5) is 0. The van der Waals surface area contributed by atoms with Crippen molar-refractivity contribution in [2.24, 2.45) is 0 Å². The van der Waals surface area contributed by atoms with Crippen molar-refractivity contribution >= 4 is 5.95 Å². The highest BCUT2D eigenvalue weighted by Crippen LogP contribution is 2.32. The minimum atomic E-state index is 0.475. The molecular formula is C20H25N5O2. The molecule has 2 aromatic carbocycles. The highest BCUT2D eigenvalue weighted by Gasteiger charge is 2.13. The van der Waals surface area contributed by atoms with E-state index in [1.54, 1.807) is 11.8 Å². The second-order valence-electron chi connectivity index (χ2n) is 6.31. The molecule has 0 radical (unpaired) electrons. The van der Waals surface area contributed by atoms with Gasteiger partial charge in [-0.25, -0.2) is 4.68 Å². The molecule has 0 unspecified atom stereocenters. The van der Waals surface area contributed by atoms with Crippen molar-refractivity contribution in [1.29, 1.82) is 0 Å². The lowest BCUT2D eigenvalue weighted by Gasteiger charge is -2.16. The van der Waals surface area contributed by atoms with Crippen molar-refractivity contribution < 1.29 is 9.47 Å². The quantitative estimate of drug-likeness (QED) is 0.623. The highest BCUT2D eigenvalue weighted by molar-refractivity contribution is 5.48. The summed E-state index contributed by atoms with van der Waals surface area (Å²) in [6.07, 6.45) is 0.962. The van der Waals surface area contributed by atoms with Gasteiger partial charge in [0, 0.05) is 18.7 Å². The maximum atomic E-state index is 6.12. The maximum Gasteiger partial charge on any atom is 0.243 e. The third-order valence-electron chi connectivity index (χ3n) is 4.15. The molecule has 0 aliphatic carbocycles. The molecule has 0 saturated carbocycles. The van der Waals surface area contributed by atoms with Gasteiger partial charge >= 0.3 is 0 Å². The van der Waals surface area contributed by atoms with Gasteiger partial charge in [-0.05, 0) is 35.4 Å². The molecule has 3 aromatic rings. The Bertz CT molecular complexity index is 878. The minimum absolute atomic E-state index is 0.475. The number of hydrogen-bond donors (Lipinski definition) is 1. The largest absolute Gasteiger partial charge is 0.493 e. The summed E-state index contributed by atoms with van der Waals surface area (Å²) < 4.78 is 13.4. The zero-order valence-electron chi connectivity index (χ0n) is 16.0. The number of aromatic nitrogens is 4. The summed E-state index contributed by atoms with van der Waals surface area (Å²) in [6.45, 7) is 5.93. The smallest absolute Gasteiger partial charge is 0.243 e. The Morgan fingerprint density at radius 1 is 1.15 bits per heavy atom. The Kier molecular flexibility index (Phi) is 6.25. The van der Waals surface area contributed by atoms with Crippen LogP contribution in [-0.4, -0.2) is 27.3 Å². The normalized spacial score (nSPS) is 10.6. The van der Waals surface area contributed by atoms with Crippen molar-refractivity contribution in [3.05, 3.63) is 59.2 Å². The van der Waals surface area contributed by atoms with Gasteiger partial charge < -0.3 is 14.8 Å². The van der Waals surface area contributed by atoms with Gasteiger partial charge in [0.15, 0.2) is 11.5 Å². The number of para-hydroxylation sites is 1. The van der Waals surface area contributed by atoms with E-state index in [1.165, 1.54) is 5.56 Å². The molecule has 0 aliphatic heterocycles. The Hall–Kier alpha value is -3.09. The van der Waals surface area contributed by atoms with Gasteiger partial charge in [0.2, 0.25) is 5.95 Å². The first-order valence-electron chi connectivity index (χ1n) is 9.05. The Morgan fingerprint density at radius 2 is 2.00 bits per heavy atom. The van der Waals surface area contributed by atoms with Crippen LogP contribution in [0.5, 0.6) is 11.5 Å². The van der Waals surface area contributed by atoms with E-state index in [0.29, 0.717) is 24.8 Å². The number of tetrazole rings is 1. The molecule has 7 heteroatoms. The summed E-state index contributed by atoms with van der Waals surface area (Å²) in [5.41, 5.74) is 3.31. The first kappa shape index (κ1) is 18.7. The molecule has 7 nitrogen and oxygen atoms in total. The molecule has 0 bridgehead atoms. The SMILES string of the molecule is CCCn1nnnc1NCc1cccc(OC)c1OCc1cccc(C)c1. The fraction of sp³-hybridized carbons (Fsp3) is 0.350.